The van der Waals surface area contributed by atoms with E-state index < -0.39 is 16.1 Å². The van der Waals surface area contributed by atoms with Gasteiger partial charge in [-0.1, -0.05) is 29.8 Å². The summed E-state index contributed by atoms with van der Waals surface area (Å²) in [5.74, 6) is -0.00116. The molecule has 0 aliphatic carbocycles. The Kier molecular flexibility index (Phi) is 5.11. The van der Waals surface area contributed by atoms with Crippen molar-refractivity contribution in [2.24, 2.45) is 0 Å². The minimum atomic E-state index is -3.54. The van der Waals surface area contributed by atoms with Crippen LogP contribution in [0.2, 0.25) is 5.02 Å². The summed E-state index contributed by atoms with van der Waals surface area (Å²) in [6, 6.07) is 12.3. The number of anilines is 1. The van der Waals surface area contributed by atoms with Gasteiger partial charge in [-0.25, -0.2) is 8.42 Å². The smallest absolute Gasteiger partial charge is 0.263 e. The quantitative estimate of drug-likeness (QED) is 0.864. The molecule has 2 aromatic rings. The van der Waals surface area contributed by atoms with Crippen LogP contribution in [0.3, 0.4) is 0 Å². The van der Waals surface area contributed by atoms with E-state index in [2.05, 4.69) is 5.32 Å². The largest absolute Gasteiger partial charge is 0.476 e. The molecule has 1 atom stereocenters. The number of nitrogens with one attached hydrogen (secondary N) is 1. The monoisotopic (exact) mass is 394 g/mol. The zero-order chi connectivity index (χ0) is 18.9. The number of nitrogens with zero attached hydrogens (tertiary/aromatic N) is 1. The minimum absolute atomic E-state index is 0.0677. The Morgan fingerprint density at radius 3 is 2.62 bits per heavy atom. The number of fused-ring (bicyclic) bond motifs is 1. The zero-order valence-corrected chi connectivity index (χ0v) is 16.0. The van der Waals surface area contributed by atoms with Gasteiger partial charge in [0.25, 0.3) is 5.91 Å². The number of sulfonamides is 1. The molecule has 0 aromatic heterocycles. The molecule has 3 rings (SSSR count). The van der Waals surface area contributed by atoms with Crippen LogP contribution in [0.25, 0.3) is 0 Å². The first-order chi connectivity index (χ1) is 12.2. The molecule has 1 heterocycles. The van der Waals surface area contributed by atoms with E-state index in [0.717, 1.165) is 17.4 Å². The third-order valence-electron chi connectivity index (χ3n) is 4.06. The van der Waals surface area contributed by atoms with Gasteiger partial charge in [0.05, 0.1) is 18.5 Å². The van der Waals surface area contributed by atoms with E-state index in [1.54, 1.807) is 24.3 Å². The van der Waals surface area contributed by atoms with Gasteiger partial charge in [0, 0.05) is 11.6 Å². The molecule has 0 fully saturated rings. The number of amides is 1. The Morgan fingerprint density at radius 1 is 1.27 bits per heavy atom. The lowest BCUT2D eigenvalue weighted by molar-refractivity contribution is -0.127. The molecule has 0 radical (unpaired) electrons. The van der Waals surface area contributed by atoms with Crippen LogP contribution in [0, 0.1) is 6.92 Å². The average molecular weight is 395 g/mol. The minimum Gasteiger partial charge on any atom is -0.476 e. The Hall–Kier alpha value is -2.25. The van der Waals surface area contributed by atoms with Gasteiger partial charge in [0.2, 0.25) is 10.0 Å². The van der Waals surface area contributed by atoms with Gasteiger partial charge >= 0.3 is 0 Å². The number of carbonyl (C=O) groups is 1. The topological polar surface area (TPSA) is 75.7 Å². The Morgan fingerprint density at radius 2 is 1.96 bits per heavy atom. The first-order valence-electron chi connectivity index (χ1n) is 8.01. The fourth-order valence-electron chi connectivity index (χ4n) is 2.72. The molecule has 6 nitrogen and oxygen atoms in total. The third-order valence-corrected chi connectivity index (χ3v) is 5.46. The van der Waals surface area contributed by atoms with Crippen molar-refractivity contribution >= 4 is 33.2 Å². The van der Waals surface area contributed by atoms with E-state index >= 15 is 0 Å². The Balaban J connectivity index is 1.77. The standard InChI is InChI=1S/C18H19ClN2O4S/c1-12-3-8-16-15(9-12)21(26(2,23)24)11-17(25-16)18(22)20-10-13-4-6-14(19)7-5-13/h3-9,17H,10-11H2,1-2H3,(H,20,22)/t17-/m0/s1. The summed E-state index contributed by atoms with van der Waals surface area (Å²) < 4.78 is 31.3. The number of rotatable bonds is 4. The predicted molar refractivity (Wildman–Crippen MR) is 101 cm³/mol. The normalized spacial score (nSPS) is 16.6. The average Bonchev–Trinajstić information content (AvgIpc) is 2.59. The van der Waals surface area contributed by atoms with Gasteiger partial charge in [0.15, 0.2) is 6.10 Å². The highest BCUT2D eigenvalue weighted by Crippen LogP contribution is 2.35. The second-order valence-corrected chi connectivity index (χ2v) is 8.56. The van der Waals surface area contributed by atoms with Crippen LogP contribution in [0.5, 0.6) is 5.75 Å². The van der Waals surface area contributed by atoms with Crippen molar-refractivity contribution < 1.29 is 17.9 Å². The molecule has 0 bridgehead atoms. The van der Waals surface area contributed by atoms with Crippen LogP contribution < -0.4 is 14.4 Å². The third kappa shape index (κ3) is 4.11. The van der Waals surface area contributed by atoms with Crippen molar-refractivity contribution in [3.05, 3.63) is 58.6 Å². The molecule has 1 aliphatic heterocycles. The molecule has 0 saturated carbocycles. The first-order valence-corrected chi connectivity index (χ1v) is 10.2. The summed E-state index contributed by atoms with van der Waals surface area (Å²) in [5.41, 5.74) is 2.25. The number of hydrogen-bond acceptors (Lipinski definition) is 4. The van der Waals surface area contributed by atoms with Crippen LogP contribution in [0.15, 0.2) is 42.5 Å². The highest BCUT2D eigenvalue weighted by atomic mass is 35.5. The van der Waals surface area contributed by atoms with Crippen molar-refractivity contribution in [3.63, 3.8) is 0 Å². The van der Waals surface area contributed by atoms with Gasteiger partial charge in [-0.05, 0) is 42.3 Å². The van der Waals surface area contributed by atoms with Crippen LogP contribution in [0.4, 0.5) is 5.69 Å². The lowest BCUT2D eigenvalue weighted by Crippen LogP contribution is -2.50. The lowest BCUT2D eigenvalue weighted by atomic mass is 10.1. The van der Waals surface area contributed by atoms with E-state index in [1.165, 1.54) is 4.31 Å². The number of benzene rings is 2. The maximum Gasteiger partial charge on any atom is 0.263 e. The number of aryl methyl sites for hydroxylation is 1. The summed E-state index contributed by atoms with van der Waals surface area (Å²) in [6.07, 6.45) is 0.194. The number of ether oxygens (including phenoxy) is 1. The molecular weight excluding hydrogens is 376 g/mol. The van der Waals surface area contributed by atoms with E-state index in [-0.39, 0.29) is 12.5 Å². The van der Waals surface area contributed by atoms with E-state index in [1.807, 2.05) is 25.1 Å². The number of halogens is 1. The molecule has 1 aliphatic rings. The predicted octanol–water partition coefficient (Wildman–Crippen LogP) is 2.49. The fourth-order valence-corrected chi connectivity index (χ4v) is 3.75. The fraction of sp³-hybridized carbons (Fsp3) is 0.278. The van der Waals surface area contributed by atoms with Crippen molar-refractivity contribution in [2.45, 2.75) is 19.6 Å². The summed E-state index contributed by atoms with van der Waals surface area (Å²) in [4.78, 5) is 12.5. The maximum absolute atomic E-state index is 12.5. The molecule has 138 valence electrons. The molecule has 1 N–H and O–H groups in total. The van der Waals surface area contributed by atoms with Crippen LogP contribution >= 0.6 is 11.6 Å². The van der Waals surface area contributed by atoms with Crippen molar-refractivity contribution in [1.29, 1.82) is 0 Å². The van der Waals surface area contributed by atoms with Gasteiger partial charge in [-0.2, -0.15) is 0 Å². The SMILES string of the molecule is Cc1ccc2c(c1)N(S(C)(=O)=O)C[C@@H](C(=O)NCc1ccc(Cl)cc1)O2. The molecule has 26 heavy (non-hydrogen) atoms. The lowest BCUT2D eigenvalue weighted by Gasteiger charge is -2.34. The summed E-state index contributed by atoms with van der Waals surface area (Å²) in [6.45, 7) is 2.10. The summed E-state index contributed by atoms with van der Waals surface area (Å²) in [7, 11) is -3.54. The van der Waals surface area contributed by atoms with Crippen LogP contribution in [0.1, 0.15) is 11.1 Å². The van der Waals surface area contributed by atoms with Crippen LogP contribution in [-0.2, 0) is 21.4 Å². The molecule has 0 saturated heterocycles. The van der Waals surface area contributed by atoms with E-state index in [4.69, 9.17) is 16.3 Å². The molecule has 2 aromatic carbocycles. The number of carbonyl (C=O) groups excluding carboxylic acids is 1. The van der Waals surface area contributed by atoms with Crippen molar-refractivity contribution in [2.75, 3.05) is 17.1 Å². The number of hydrogen-bond donors (Lipinski definition) is 1. The van der Waals surface area contributed by atoms with Crippen LogP contribution in [-0.4, -0.2) is 33.2 Å². The van der Waals surface area contributed by atoms with Crippen molar-refractivity contribution in [1.82, 2.24) is 5.32 Å². The van der Waals surface area contributed by atoms with E-state index in [9.17, 15) is 13.2 Å². The second kappa shape index (κ2) is 7.17. The zero-order valence-electron chi connectivity index (χ0n) is 14.4. The molecule has 1 amide bonds. The molecular formula is C18H19ClN2O4S. The van der Waals surface area contributed by atoms with Gasteiger partial charge in [-0.3, -0.25) is 9.10 Å². The van der Waals surface area contributed by atoms with Gasteiger partial charge in [-0.15, -0.1) is 0 Å². The molecule has 0 spiro atoms. The Labute approximate surface area is 157 Å². The first kappa shape index (κ1) is 18.5. The van der Waals surface area contributed by atoms with E-state index in [0.29, 0.717) is 23.0 Å². The summed E-state index contributed by atoms with van der Waals surface area (Å²) in [5, 5.41) is 3.39. The highest BCUT2D eigenvalue weighted by Gasteiger charge is 2.34. The molecule has 0 unspecified atom stereocenters. The van der Waals surface area contributed by atoms with Gasteiger partial charge < -0.3 is 10.1 Å². The van der Waals surface area contributed by atoms with Crippen molar-refractivity contribution in [3.8, 4) is 5.75 Å². The summed E-state index contributed by atoms with van der Waals surface area (Å²) >= 11 is 5.84. The molecule has 8 heteroatoms. The highest BCUT2D eigenvalue weighted by molar-refractivity contribution is 7.92. The van der Waals surface area contributed by atoms with Gasteiger partial charge in [0.1, 0.15) is 5.75 Å². The Bertz CT molecular complexity index is 929. The maximum atomic E-state index is 12.5. The second-order valence-electron chi connectivity index (χ2n) is 6.22.